The second-order valence-electron chi connectivity index (χ2n) is 8.32. The van der Waals surface area contributed by atoms with Gasteiger partial charge in [-0.05, 0) is 78.6 Å². The first kappa shape index (κ1) is 18.4. The molecule has 0 N–H and O–H groups in total. The molecule has 130 valence electrons. The van der Waals surface area contributed by atoms with Crippen molar-refractivity contribution < 1.29 is 9.47 Å². The molecule has 0 heterocycles. The maximum absolute atomic E-state index is 6.25. The third-order valence-corrected chi connectivity index (χ3v) is 3.55. The maximum atomic E-state index is 6.25. The molecular weight excluding hydrogens is 296 g/mol. The van der Waals surface area contributed by atoms with Crippen LogP contribution in [0.5, 0.6) is 11.5 Å². The summed E-state index contributed by atoms with van der Waals surface area (Å²) >= 11 is 0. The van der Waals surface area contributed by atoms with Gasteiger partial charge in [-0.3, -0.25) is 0 Å². The summed E-state index contributed by atoms with van der Waals surface area (Å²) in [5.41, 5.74) is 4.09. The molecule has 0 aliphatic rings. The molecule has 0 radical (unpaired) electrons. The molecule has 0 aliphatic carbocycles. The van der Waals surface area contributed by atoms with Crippen molar-refractivity contribution in [2.45, 2.75) is 66.6 Å². The Balaban J connectivity index is 2.68. The first-order valence-corrected chi connectivity index (χ1v) is 8.55. The molecule has 0 saturated heterocycles. The average molecular weight is 326 g/mol. The summed E-state index contributed by atoms with van der Waals surface area (Å²) in [5.74, 6) is 1.80. The molecule has 0 aliphatic heterocycles. The van der Waals surface area contributed by atoms with Gasteiger partial charge >= 0.3 is 0 Å². The predicted molar refractivity (Wildman–Crippen MR) is 102 cm³/mol. The number of benzene rings is 2. The fraction of sp³-hybridized carbons (Fsp3) is 0.455. The van der Waals surface area contributed by atoms with Crippen LogP contribution in [0.3, 0.4) is 0 Å². The number of ether oxygens (including phenoxy) is 2. The van der Waals surface area contributed by atoms with Crippen LogP contribution >= 0.6 is 0 Å². The summed E-state index contributed by atoms with van der Waals surface area (Å²) in [6, 6.07) is 12.4. The quantitative estimate of drug-likeness (QED) is 0.656. The van der Waals surface area contributed by atoms with Gasteiger partial charge in [-0.1, -0.05) is 24.3 Å². The molecule has 0 amide bonds. The molecule has 0 saturated carbocycles. The van der Waals surface area contributed by atoms with E-state index in [0.29, 0.717) is 0 Å². The fourth-order valence-electron chi connectivity index (χ4n) is 2.75. The lowest BCUT2D eigenvalue weighted by Crippen LogP contribution is -2.24. The standard InChI is InChI=1S/C22H30O2/c1-15-11-9-13-17(23-21(3,4)5)19(15)20-16(2)12-10-14-18(20)24-22(6,7)8/h9-14H,1-8H3. The van der Waals surface area contributed by atoms with Crippen LogP contribution in [0.2, 0.25) is 0 Å². The highest BCUT2D eigenvalue weighted by molar-refractivity contribution is 5.81. The van der Waals surface area contributed by atoms with Crippen molar-refractivity contribution in [3.63, 3.8) is 0 Å². The van der Waals surface area contributed by atoms with E-state index in [0.717, 1.165) is 22.6 Å². The molecule has 0 bridgehead atoms. The number of aryl methyl sites for hydroxylation is 2. The second kappa shape index (κ2) is 6.51. The Morgan fingerprint density at radius 1 is 0.583 bits per heavy atom. The topological polar surface area (TPSA) is 18.5 Å². The normalized spacial score (nSPS) is 12.2. The van der Waals surface area contributed by atoms with Gasteiger partial charge < -0.3 is 9.47 Å². The minimum atomic E-state index is -0.254. The van der Waals surface area contributed by atoms with E-state index in [2.05, 4.69) is 67.5 Å². The van der Waals surface area contributed by atoms with Gasteiger partial charge in [0, 0.05) is 11.1 Å². The Labute approximate surface area is 146 Å². The predicted octanol–water partition coefficient (Wildman–Crippen LogP) is 6.33. The van der Waals surface area contributed by atoms with Gasteiger partial charge in [0.1, 0.15) is 22.7 Å². The third kappa shape index (κ3) is 4.53. The van der Waals surface area contributed by atoms with Gasteiger partial charge in [-0.2, -0.15) is 0 Å². The van der Waals surface area contributed by atoms with Crippen LogP contribution in [0.15, 0.2) is 36.4 Å². The van der Waals surface area contributed by atoms with Crippen molar-refractivity contribution in [1.29, 1.82) is 0 Å². The zero-order chi connectivity index (χ0) is 18.1. The molecule has 2 nitrogen and oxygen atoms in total. The molecule has 2 aromatic rings. The Bertz CT molecular complexity index is 652. The molecule has 2 aromatic carbocycles. The van der Waals surface area contributed by atoms with Crippen LogP contribution in [0, 0.1) is 13.8 Å². The van der Waals surface area contributed by atoms with Crippen molar-refractivity contribution in [2.75, 3.05) is 0 Å². The van der Waals surface area contributed by atoms with Crippen LogP contribution in [0.25, 0.3) is 11.1 Å². The highest BCUT2D eigenvalue weighted by atomic mass is 16.5. The zero-order valence-electron chi connectivity index (χ0n) is 16.3. The molecular formula is C22H30O2. The maximum Gasteiger partial charge on any atom is 0.128 e. The average Bonchev–Trinajstić information content (AvgIpc) is 2.37. The van der Waals surface area contributed by atoms with E-state index in [1.165, 1.54) is 11.1 Å². The van der Waals surface area contributed by atoms with Crippen LogP contribution in [0.4, 0.5) is 0 Å². The van der Waals surface area contributed by atoms with E-state index in [1.807, 2.05) is 24.3 Å². The largest absolute Gasteiger partial charge is 0.487 e. The molecule has 0 aromatic heterocycles. The summed E-state index contributed by atoms with van der Waals surface area (Å²) < 4.78 is 12.5. The van der Waals surface area contributed by atoms with Crippen LogP contribution in [-0.2, 0) is 0 Å². The van der Waals surface area contributed by atoms with Crippen LogP contribution < -0.4 is 9.47 Å². The summed E-state index contributed by atoms with van der Waals surface area (Å²) in [4.78, 5) is 0. The summed E-state index contributed by atoms with van der Waals surface area (Å²) in [7, 11) is 0. The van der Waals surface area contributed by atoms with E-state index in [4.69, 9.17) is 9.47 Å². The Hall–Kier alpha value is -1.96. The van der Waals surface area contributed by atoms with Crippen molar-refractivity contribution in [2.24, 2.45) is 0 Å². The lowest BCUT2D eigenvalue weighted by atomic mass is 9.94. The SMILES string of the molecule is Cc1cccc(OC(C)(C)C)c1-c1c(C)cccc1OC(C)(C)C. The second-order valence-corrected chi connectivity index (χ2v) is 8.32. The molecule has 0 atom stereocenters. The van der Waals surface area contributed by atoms with Crippen molar-refractivity contribution in [3.8, 4) is 22.6 Å². The lowest BCUT2D eigenvalue weighted by molar-refractivity contribution is 0.128. The minimum absolute atomic E-state index is 0.254. The number of hydrogen-bond acceptors (Lipinski definition) is 2. The smallest absolute Gasteiger partial charge is 0.128 e. The van der Waals surface area contributed by atoms with E-state index < -0.39 is 0 Å². The first-order chi connectivity index (χ1) is 11.0. The summed E-state index contributed by atoms with van der Waals surface area (Å²) in [6.45, 7) is 16.7. The van der Waals surface area contributed by atoms with Gasteiger partial charge in [-0.15, -0.1) is 0 Å². The highest BCUT2D eigenvalue weighted by Crippen LogP contribution is 2.42. The van der Waals surface area contributed by atoms with Crippen LogP contribution in [-0.4, -0.2) is 11.2 Å². The van der Waals surface area contributed by atoms with Gasteiger partial charge in [0.25, 0.3) is 0 Å². The monoisotopic (exact) mass is 326 g/mol. The molecule has 2 rings (SSSR count). The summed E-state index contributed by atoms with van der Waals surface area (Å²) in [6.07, 6.45) is 0. The lowest BCUT2D eigenvalue weighted by Gasteiger charge is -2.28. The summed E-state index contributed by atoms with van der Waals surface area (Å²) in [5, 5.41) is 0. The molecule has 0 spiro atoms. The zero-order valence-corrected chi connectivity index (χ0v) is 16.3. The van der Waals surface area contributed by atoms with Crippen molar-refractivity contribution in [1.82, 2.24) is 0 Å². The van der Waals surface area contributed by atoms with Gasteiger partial charge in [-0.25, -0.2) is 0 Å². The number of hydrogen-bond donors (Lipinski definition) is 0. The molecule has 2 heteroatoms. The van der Waals surface area contributed by atoms with E-state index in [-0.39, 0.29) is 11.2 Å². The Morgan fingerprint density at radius 2 is 0.917 bits per heavy atom. The molecule has 0 unspecified atom stereocenters. The van der Waals surface area contributed by atoms with Gasteiger partial charge in [0.2, 0.25) is 0 Å². The molecule has 0 fully saturated rings. The van der Waals surface area contributed by atoms with Gasteiger partial charge in [0.05, 0.1) is 0 Å². The van der Waals surface area contributed by atoms with E-state index in [1.54, 1.807) is 0 Å². The molecule has 24 heavy (non-hydrogen) atoms. The number of rotatable bonds is 3. The highest BCUT2D eigenvalue weighted by Gasteiger charge is 2.22. The minimum Gasteiger partial charge on any atom is -0.487 e. The van der Waals surface area contributed by atoms with Crippen LogP contribution in [0.1, 0.15) is 52.7 Å². The Kier molecular flexibility index (Phi) is 4.98. The van der Waals surface area contributed by atoms with E-state index >= 15 is 0 Å². The van der Waals surface area contributed by atoms with Crippen molar-refractivity contribution in [3.05, 3.63) is 47.5 Å². The van der Waals surface area contributed by atoms with Gasteiger partial charge in [0.15, 0.2) is 0 Å². The first-order valence-electron chi connectivity index (χ1n) is 8.55. The fourth-order valence-corrected chi connectivity index (χ4v) is 2.75. The third-order valence-electron chi connectivity index (χ3n) is 3.55. The Morgan fingerprint density at radius 3 is 1.21 bits per heavy atom. The van der Waals surface area contributed by atoms with E-state index in [9.17, 15) is 0 Å². The van der Waals surface area contributed by atoms with Crippen molar-refractivity contribution >= 4 is 0 Å².